The number of rotatable bonds is 7. The third kappa shape index (κ3) is 6.67. The Kier molecular flexibility index (Phi) is 8.94. The number of para-hydroxylation sites is 1. The minimum Gasteiger partial charge on any atom is -0.494 e. The van der Waals surface area contributed by atoms with Crippen molar-refractivity contribution >= 4 is 18.3 Å². The van der Waals surface area contributed by atoms with Gasteiger partial charge in [0.05, 0.1) is 6.61 Å². The van der Waals surface area contributed by atoms with Crippen molar-refractivity contribution in [3.8, 4) is 5.75 Å². The van der Waals surface area contributed by atoms with Crippen LogP contribution in [0.4, 0.5) is 0 Å². The van der Waals surface area contributed by atoms with Crippen molar-refractivity contribution in [2.24, 2.45) is 11.8 Å². The highest BCUT2D eigenvalue weighted by Crippen LogP contribution is 2.11. The second-order valence-electron chi connectivity index (χ2n) is 5.81. The van der Waals surface area contributed by atoms with Gasteiger partial charge in [0, 0.05) is 12.5 Å². The number of benzene rings is 1. The van der Waals surface area contributed by atoms with E-state index >= 15 is 0 Å². The Morgan fingerprint density at radius 3 is 2.86 bits per heavy atom. The molecule has 1 aromatic carbocycles. The second-order valence-corrected chi connectivity index (χ2v) is 5.81. The number of ether oxygens (including phenoxy) is 1. The fourth-order valence-corrected chi connectivity index (χ4v) is 2.52. The summed E-state index contributed by atoms with van der Waals surface area (Å²) in [6.07, 6.45) is 3.16. The molecule has 2 rings (SSSR count). The number of hydrogen-bond donors (Lipinski definition) is 2. The van der Waals surface area contributed by atoms with Crippen molar-refractivity contribution in [2.75, 3.05) is 26.2 Å². The molecule has 0 saturated carbocycles. The standard InChI is InChI=1S/C17H26N2O2.ClH/c1-14(9-11-21-16-7-3-2-4-8-16)17(20)19-13-15-6-5-10-18-12-15;/h2-4,7-8,14-15,18H,5-6,9-13H2,1H3,(H,19,20);1H. The van der Waals surface area contributed by atoms with Crippen LogP contribution in [0.5, 0.6) is 5.75 Å². The number of nitrogens with one attached hydrogen (secondary N) is 2. The summed E-state index contributed by atoms with van der Waals surface area (Å²) in [5.41, 5.74) is 0. The number of piperidine rings is 1. The van der Waals surface area contributed by atoms with Crippen molar-refractivity contribution in [3.05, 3.63) is 30.3 Å². The summed E-state index contributed by atoms with van der Waals surface area (Å²) in [5, 5.41) is 6.44. The lowest BCUT2D eigenvalue weighted by Crippen LogP contribution is -2.39. The van der Waals surface area contributed by atoms with Gasteiger partial charge in [0.15, 0.2) is 0 Å². The Bertz CT molecular complexity index is 422. The van der Waals surface area contributed by atoms with E-state index in [4.69, 9.17) is 4.74 Å². The Labute approximate surface area is 139 Å². The fourth-order valence-electron chi connectivity index (χ4n) is 2.52. The van der Waals surface area contributed by atoms with Crippen LogP contribution in [-0.2, 0) is 4.79 Å². The summed E-state index contributed by atoms with van der Waals surface area (Å²) < 4.78 is 5.63. The zero-order chi connectivity index (χ0) is 14.9. The number of halogens is 1. The molecule has 2 unspecified atom stereocenters. The van der Waals surface area contributed by atoms with Crippen LogP contribution >= 0.6 is 12.4 Å². The summed E-state index contributed by atoms with van der Waals surface area (Å²) in [4.78, 5) is 12.0. The van der Waals surface area contributed by atoms with Gasteiger partial charge in [-0.15, -0.1) is 12.4 Å². The smallest absolute Gasteiger partial charge is 0.222 e. The van der Waals surface area contributed by atoms with E-state index in [0.29, 0.717) is 12.5 Å². The van der Waals surface area contributed by atoms with Crippen LogP contribution in [0.3, 0.4) is 0 Å². The lowest BCUT2D eigenvalue weighted by molar-refractivity contribution is -0.125. The lowest BCUT2D eigenvalue weighted by Gasteiger charge is -2.23. The Hall–Kier alpha value is -1.26. The number of hydrogen-bond acceptors (Lipinski definition) is 3. The van der Waals surface area contributed by atoms with Crippen LogP contribution in [0.1, 0.15) is 26.2 Å². The molecule has 0 bridgehead atoms. The zero-order valence-corrected chi connectivity index (χ0v) is 14.0. The first-order valence-electron chi connectivity index (χ1n) is 7.92. The molecule has 22 heavy (non-hydrogen) atoms. The van der Waals surface area contributed by atoms with E-state index in [-0.39, 0.29) is 24.2 Å². The zero-order valence-electron chi connectivity index (χ0n) is 13.2. The number of carbonyl (C=O) groups excluding carboxylic acids is 1. The van der Waals surface area contributed by atoms with E-state index < -0.39 is 0 Å². The molecular formula is C17H27ClN2O2. The average Bonchev–Trinajstić information content (AvgIpc) is 2.54. The monoisotopic (exact) mass is 326 g/mol. The highest BCUT2D eigenvalue weighted by atomic mass is 35.5. The van der Waals surface area contributed by atoms with Gasteiger partial charge in [-0.25, -0.2) is 0 Å². The topological polar surface area (TPSA) is 50.4 Å². The second kappa shape index (κ2) is 10.5. The van der Waals surface area contributed by atoms with Gasteiger partial charge < -0.3 is 15.4 Å². The third-order valence-corrected chi connectivity index (χ3v) is 3.97. The van der Waals surface area contributed by atoms with E-state index in [1.807, 2.05) is 37.3 Å². The molecule has 0 aromatic heterocycles. The molecule has 0 aliphatic carbocycles. The van der Waals surface area contributed by atoms with Crippen molar-refractivity contribution in [2.45, 2.75) is 26.2 Å². The molecule has 1 aliphatic heterocycles. The normalized spacial score (nSPS) is 18.9. The predicted molar refractivity (Wildman–Crippen MR) is 91.6 cm³/mol. The summed E-state index contributed by atoms with van der Waals surface area (Å²) in [7, 11) is 0. The summed E-state index contributed by atoms with van der Waals surface area (Å²) in [6, 6.07) is 9.72. The highest BCUT2D eigenvalue weighted by molar-refractivity contribution is 5.85. The maximum absolute atomic E-state index is 12.0. The molecule has 124 valence electrons. The first-order chi connectivity index (χ1) is 10.3. The van der Waals surface area contributed by atoms with Gasteiger partial charge in [-0.1, -0.05) is 25.1 Å². The molecule has 1 heterocycles. The maximum Gasteiger partial charge on any atom is 0.222 e. The quantitative estimate of drug-likeness (QED) is 0.810. The van der Waals surface area contributed by atoms with Crippen molar-refractivity contribution < 1.29 is 9.53 Å². The van der Waals surface area contributed by atoms with Crippen LogP contribution in [0.25, 0.3) is 0 Å². The number of carbonyl (C=O) groups is 1. The maximum atomic E-state index is 12.0. The molecule has 0 spiro atoms. The SMILES string of the molecule is CC(CCOc1ccccc1)C(=O)NCC1CCCNC1.Cl. The van der Waals surface area contributed by atoms with E-state index in [0.717, 1.165) is 31.8 Å². The van der Waals surface area contributed by atoms with Gasteiger partial charge in [0.1, 0.15) is 5.75 Å². The van der Waals surface area contributed by atoms with E-state index in [1.54, 1.807) is 0 Å². The third-order valence-electron chi connectivity index (χ3n) is 3.97. The summed E-state index contributed by atoms with van der Waals surface area (Å²) >= 11 is 0. The van der Waals surface area contributed by atoms with Gasteiger partial charge >= 0.3 is 0 Å². The minimum absolute atomic E-state index is 0. The van der Waals surface area contributed by atoms with E-state index in [9.17, 15) is 4.79 Å². The molecule has 5 heteroatoms. The van der Waals surface area contributed by atoms with Gasteiger partial charge in [0.25, 0.3) is 0 Å². The molecule has 1 amide bonds. The van der Waals surface area contributed by atoms with Crippen molar-refractivity contribution in [1.82, 2.24) is 10.6 Å². The van der Waals surface area contributed by atoms with Gasteiger partial charge in [-0.3, -0.25) is 4.79 Å². The fraction of sp³-hybridized carbons (Fsp3) is 0.588. The van der Waals surface area contributed by atoms with Gasteiger partial charge in [0.2, 0.25) is 5.91 Å². The molecule has 4 nitrogen and oxygen atoms in total. The van der Waals surface area contributed by atoms with Crippen molar-refractivity contribution in [1.29, 1.82) is 0 Å². The van der Waals surface area contributed by atoms with Crippen LogP contribution in [0.15, 0.2) is 30.3 Å². The molecule has 2 atom stereocenters. The first-order valence-corrected chi connectivity index (χ1v) is 7.92. The first kappa shape index (κ1) is 18.8. The lowest BCUT2D eigenvalue weighted by atomic mass is 9.99. The summed E-state index contributed by atoms with van der Waals surface area (Å²) in [6.45, 7) is 5.45. The minimum atomic E-state index is -0.00902. The largest absolute Gasteiger partial charge is 0.494 e. The molecular weight excluding hydrogens is 300 g/mol. The Morgan fingerprint density at radius 1 is 1.41 bits per heavy atom. The molecule has 1 aromatic rings. The van der Waals surface area contributed by atoms with Crippen LogP contribution in [0.2, 0.25) is 0 Å². The van der Waals surface area contributed by atoms with Gasteiger partial charge in [-0.05, 0) is 50.4 Å². The molecule has 1 saturated heterocycles. The van der Waals surface area contributed by atoms with Crippen LogP contribution in [0, 0.1) is 11.8 Å². The Morgan fingerprint density at radius 2 is 2.18 bits per heavy atom. The van der Waals surface area contributed by atoms with Crippen LogP contribution in [-0.4, -0.2) is 32.1 Å². The van der Waals surface area contributed by atoms with Crippen LogP contribution < -0.4 is 15.4 Å². The predicted octanol–water partition coefficient (Wildman–Crippen LogP) is 2.63. The Balaban J connectivity index is 0.00000242. The van der Waals surface area contributed by atoms with E-state index in [2.05, 4.69) is 10.6 Å². The van der Waals surface area contributed by atoms with E-state index in [1.165, 1.54) is 12.8 Å². The molecule has 2 N–H and O–H groups in total. The molecule has 1 aliphatic rings. The average molecular weight is 327 g/mol. The van der Waals surface area contributed by atoms with Gasteiger partial charge in [-0.2, -0.15) is 0 Å². The molecule has 0 radical (unpaired) electrons. The number of amides is 1. The highest BCUT2D eigenvalue weighted by Gasteiger charge is 2.17. The molecule has 1 fully saturated rings. The summed E-state index contributed by atoms with van der Waals surface area (Å²) in [5.74, 6) is 1.57. The van der Waals surface area contributed by atoms with Crippen molar-refractivity contribution in [3.63, 3.8) is 0 Å².